The Bertz CT molecular complexity index is 1670. The van der Waals surface area contributed by atoms with Crippen LogP contribution in [0.2, 0.25) is 10.0 Å². The van der Waals surface area contributed by atoms with Crippen molar-refractivity contribution in [2.75, 3.05) is 5.73 Å². The highest BCUT2D eigenvalue weighted by atomic mass is 35.5. The van der Waals surface area contributed by atoms with E-state index in [1.807, 2.05) is 30.3 Å². The van der Waals surface area contributed by atoms with Crippen LogP contribution in [0.5, 0.6) is 0 Å². The van der Waals surface area contributed by atoms with Crippen LogP contribution < -0.4 is 5.73 Å². The van der Waals surface area contributed by atoms with E-state index in [9.17, 15) is 9.90 Å². The number of halogens is 2. The number of fused-ring (bicyclic) bond motifs is 2. The van der Waals surface area contributed by atoms with Gasteiger partial charge in [0.05, 0.1) is 43.5 Å². The van der Waals surface area contributed by atoms with Crippen molar-refractivity contribution >= 4 is 56.8 Å². The van der Waals surface area contributed by atoms with E-state index < -0.39 is 5.97 Å². The predicted octanol–water partition coefficient (Wildman–Crippen LogP) is 8.01. The lowest BCUT2D eigenvalue weighted by molar-refractivity contribution is 0.0697. The molecule has 3 aromatic carbocycles. The van der Waals surface area contributed by atoms with Crippen LogP contribution in [0.3, 0.4) is 0 Å². The third-order valence-corrected chi connectivity index (χ3v) is 7.82. The van der Waals surface area contributed by atoms with Gasteiger partial charge >= 0.3 is 5.97 Å². The maximum atomic E-state index is 11.6. The number of nitrogen functional groups attached to an aromatic ring is 1. The van der Waals surface area contributed by atoms with Gasteiger partial charge in [0.15, 0.2) is 0 Å². The van der Waals surface area contributed by atoms with Crippen molar-refractivity contribution in [2.24, 2.45) is 0 Å². The standard InChI is InChI=1S/C29H24Cl2N4O2/c30-21-13-19(14-22(31)27(21)32)24-9-6-16-12-17(7-10-23(16)33-24)28-34-25-15-18(29(36)37)8-11-26(25)35(28)20-4-2-1-3-5-20/h6-15,20H,1-5,32H2,(H,36,37). The zero-order valence-electron chi connectivity index (χ0n) is 19.9. The summed E-state index contributed by atoms with van der Waals surface area (Å²) in [5.74, 6) is -0.0977. The molecule has 0 unspecified atom stereocenters. The Morgan fingerprint density at radius 2 is 1.62 bits per heavy atom. The van der Waals surface area contributed by atoms with Crippen molar-refractivity contribution in [3.05, 3.63) is 76.3 Å². The first-order valence-electron chi connectivity index (χ1n) is 12.3. The van der Waals surface area contributed by atoms with Crippen LogP contribution in [0, 0.1) is 0 Å². The molecule has 1 aliphatic rings. The minimum Gasteiger partial charge on any atom is -0.478 e. The summed E-state index contributed by atoms with van der Waals surface area (Å²) in [6, 6.07) is 19.2. The third-order valence-electron chi connectivity index (χ3n) is 7.20. The summed E-state index contributed by atoms with van der Waals surface area (Å²) in [6.07, 6.45) is 5.78. The molecule has 3 N–H and O–H groups in total. The molecule has 0 atom stereocenters. The minimum absolute atomic E-state index is 0.241. The fourth-order valence-electron chi connectivity index (χ4n) is 5.30. The van der Waals surface area contributed by atoms with Gasteiger partial charge in [-0.3, -0.25) is 0 Å². The van der Waals surface area contributed by atoms with Gasteiger partial charge in [-0.25, -0.2) is 14.8 Å². The normalized spacial score (nSPS) is 14.4. The first-order chi connectivity index (χ1) is 17.9. The summed E-state index contributed by atoms with van der Waals surface area (Å²) in [5, 5.41) is 11.3. The van der Waals surface area contributed by atoms with Crippen LogP contribution in [0.15, 0.2) is 60.7 Å². The number of pyridine rings is 1. The lowest BCUT2D eigenvalue weighted by Gasteiger charge is -2.25. The second kappa shape index (κ2) is 9.36. The first kappa shape index (κ1) is 23.8. The monoisotopic (exact) mass is 530 g/mol. The van der Waals surface area contributed by atoms with Gasteiger partial charge in [0.1, 0.15) is 5.82 Å². The fourth-order valence-corrected chi connectivity index (χ4v) is 5.79. The van der Waals surface area contributed by atoms with E-state index in [-0.39, 0.29) is 5.56 Å². The van der Waals surface area contributed by atoms with Gasteiger partial charge in [0, 0.05) is 22.6 Å². The van der Waals surface area contributed by atoms with Crippen molar-refractivity contribution < 1.29 is 9.90 Å². The second-order valence-corrected chi connectivity index (χ2v) is 10.4. The zero-order valence-corrected chi connectivity index (χ0v) is 21.4. The molecule has 0 bridgehead atoms. The number of nitrogens with zero attached hydrogens (tertiary/aromatic N) is 3. The van der Waals surface area contributed by atoms with Crippen LogP contribution in [0.25, 0.3) is 44.6 Å². The van der Waals surface area contributed by atoms with Crippen molar-refractivity contribution in [3.63, 3.8) is 0 Å². The number of benzene rings is 3. The van der Waals surface area contributed by atoms with Gasteiger partial charge in [-0.15, -0.1) is 0 Å². The number of carboxylic acids is 1. The van der Waals surface area contributed by atoms with E-state index in [1.165, 1.54) is 19.3 Å². The minimum atomic E-state index is -0.952. The van der Waals surface area contributed by atoms with E-state index in [0.29, 0.717) is 27.3 Å². The average molecular weight is 531 g/mol. The molecule has 8 heteroatoms. The quantitative estimate of drug-likeness (QED) is 0.229. The number of hydrogen-bond acceptors (Lipinski definition) is 4. The van der Waals surface area contributed by atoms with Crippen molar-refractivity contribution in [1.82, 2.24) is 14.5 Å². The number of imidazole rings is 1. The molecule has 2 heterocycles. The maximum Gasteiger partial charge on any atom is 0.335 e. The molecule has 37 heavy (non-hydrogen) atoms. The van der Waals surface area contributed by atoms with Gasteiger partial charge in [-0.1, -0.05) is 48.5 Å². The molecule has 6 nitrogen and oxygen atoms in total. The molecule has 1 fully saturated rings. The van der Waals surface area contributed by atoms with Crippen LogP contribution in [-0.4, -0.2) is 25.6 Å². The molecule has 5 aromatic rings. The van der Waals surface area contributed by atoms with Crippen LogP contribution >= 0.6 is 23.2 Å². The highest BCUT2D eigenvalue weighted by Gasteiger charge is 2.23. The summed E-state index contributed by atoms with van der Waals surface area (Å²) in [7, 11) is 0. The molecule has 0 spiro atoms. The van der Waals surface area contributed by atoms with Gasteiger partial charge in [0.2, 0.25) is 0 Å². The molecule has 186 valence electrons. The summed E-state index contributed by atoms with van der Waals surface area (Å²) in [5.41, 5.74) is 11.5. The third kappa shape index (κ3) is 4.30. The Morgan fingerprint density at radius 1 is 0.865 bits per heavy atom. The van der Waals surface area contributed by atoms with Crippen LogP contribution in [0.4, 0.5) is 5.69 Å². The molecule has 0 saturated heterocycles. The fraction of sp³-hybridized carbons (Fsp3) is 0.207. The highest BCUT2D eigenvalue weighted by Crippen LogP contribution is 2.38. The Hall–Kier alpha value is -3.61. The Balaban J connectivity index is 1.46. The van der Waals surface area contributed by atoms with Crippen molar-refractivity contribution in [1.29, 1.82) is 0 Å². The summed E-state index contributed by atoms with van der Waals surface area (Å²) >= 11 is 12.5. The number of anilines is 1. The lowest BCUT2D eigenvalue weighted by Crippen LogP contribution is -2.14. The first-order valence-corrected chi connectivity index (χ1v) is 13.1. The van der Waals surface area contributed by atoms with Gasteiger partial charge in [-0.05, 0) is 67.4 Å². The molecular formula is C29H24Cl2N4O2. The topological polar surface area (TPSA) is 94.0 Å². The molecule has 0 aliphatic heterocycles. The molecule has 0 radical (unpaired) electrons. The number of carboxylic acid groups (broad SMARTS) is 1. The number of aromatic nitrogens is 3. The van der Waals surface area contributed by atoms with E-state index in [1.54, 1.807) is 24.3 Å². The number of aromatic carboxylic acids is 1. The highest BCUT2D eigenvalue weighted by molar-refractivity contribution is 6.39. The molecule has 1 saturated carbocycles. The van der Waals surface area contributed by atoms with E-state index in [0.717, 1.165) is 51.9 Å². The van der Waals surface area contributed by atoms with E-state index in [2.05, 4.69) is 10.6 Å². The summed E-state index contributed by atoms with van der Waals surface area (Å²) in [4.78, 5) is 21.3. The van der Waals surface area contributed by atoms with Gasteiger partial charge in [0.25, 0.3) is 0 Å². The molecule has 1 aliphatic carbocycles. The number of nitrogens with two attached hydrogens (primary N) is 1. The van der Waals surface area contributed by atoms with Crippen molar-refractivity contribution in [3.8, 4) is 22.6 Å². The van der Waals surface area contributed by atoms with Gasteiger partial charge < -0.3 is 15.4 Å². The molecule has 2 aromatic heterocycles. The largest absolute Gasteiger partial charge is 0.478 e. The Kier molecular flexibility index (Phi) is 6.01. The van der Waals surface area contributed by atoms with E-state index >= 15 is 0 Å². The average Bonchev–Trinajstić information content (AvgIpc) is 3.30. The number of rotatable bonds is 4. The van der Waals surface area contributed by atoms with Crippen molar-refractivity contribution in [2.45, 2.75) is 38.1 Å². The molecular weight excluding hydrogens is 507 g/mol. The SMILES string of the molecule is Nc1c(Cl)cc(-c2ccc3cc(-c4nc5cc(C(=O)O)ccc5n4C4CCCCC4)ccc3n2)cc1Cl. The molecule has 6 rings (SSSR count). The molecule has 0 amide bonds. The predicted molar refractivity (Wildman–Crippen MR) is 149 cm³/mol. The number of carbonyl (C=O) groups is 1. The Labute approximate surface area is 223 Å². The zero-order chi connectivity index (χ0) is 25.7. The van der Waals surface area contributed by atoms with Gasteiger partial charge in [-0.2, -0.15) is 0 Å². The lowest BCUT2D eigenvalue weighted by atomic mass is 9.94. The smallest absolute Gasteiger partial charge is 0.335 e. The van der Waals surface area contributed by atoms with Crippen LogP contribution in [0.1, 0.15) is 48.5 Å². The summed E-state index contributed by atoms with van der Waals surface area (Å²) < 4.78 is 2.31. The summed E-state index contributed by atoms with van der Waals surface area (Å²) in [6.45, 7) is 0. The maximum absolute atomic E-state index is 11.6. The van der Waals surface area contributed by atoms with Crippen LogP contribution in [-0.2, 0) is 0 Å². The van der Waals surface area contributed by atoms with E-state index in [4.69, 9.17) is 38.9 Å². The Morgan fingerprint density at radius 3 is 2.35 bits per heavy atom. The second-order valence-electron chi connectivity index (χ2n) is 9.56. The number of hydrogen-bond donors (Lipinski definition) is 2.